The van der Waals surface area contributed by atoms with E-state index in [1.807, 2.05) is 30.3 Å². The first-order valence-electron chi connectivity index (χ1n) is 9.51. The zero-order chi connectivity index (χ0) is 19.2. The number of benzene rings is 2. The number of hydrogen-bond donors (Lipinski definition) is 1. The van der Waals surface area contributed by atoms with Gasteiger partial charge in [-0.25, -0.2) is 4.98 Å². The van der Waals surface area contributed by atoms with Crippen LogP contribution in [0.2, 0.25) is 0 Å². The van der Waals surface area contributed by atoms with Crippen molar-refractivity contribution in [2.45, 2.75) is 12.8 Å². The second-order valence-electron chi connectivity index (χ2n) is 7.00. The number of nitrogens with one attached hydrogen (secondary N) is 1. The third-order valence-electron chi connectivity index (χ3n) is 5.25. The van der Waals surface area contributed by atoms with Gasteiger partial charge in [-0.2, -0.15) is 9.50 Å². The van der Waals surface area contributed by atoms with E-state index in [4.69, 9.17) is 14.6 Å². The normalized spacial score (nSPS) is 12.8. The van der Waals surface area contributed by atoms with Crippen molar-refractivity contribution in [1.82, 2.24) is 24.6 Å². The van der Waals surface area contributed by atoms with Crippen LogP contribution in [0.3, 0.4) is 0 Å². The molecule has 1 aliphatic rings. The highest BCUT2D eigenvalue weighted by Gasteiger charge is 2.16. The van der Waals surface area contributed by atoms with Crippen LogP contribution in [-0.4, -0.2) is 31.4 Å². The summed E-state index contributed by atoms with van der Waals surface area (Å²) in [6.45, 7) is 0.256. The maximum Gasteiger partial charge on any atom is 0.252 e. The molecule has 1 aliphatic heterocycles. The van der Waals surface area contributed by atoms with E-state index in [0.29, 0.717) is 5.78 Å². The molecule has 0 radical (unpaired) electrons. The smallest absolute Gasteiger partial charge is 0.252 e. The summed E-state index contributed by atoms with van der Waals surface area (Å²) in [5.74, 6) is 2.87. The van der Waals surface area contributed by atoms with E-state index in [9.17, 15) is 0 Å². The third kappa shape index (κ3) is 2.70. The van der Waals surface area contributed by atoms with Crippen molar-refractivity contribution in [3.05, 3.63) is 72.3 Å². The standard InChI is InChI=1S/C22H17N5O2/c1-2-4-17-16(3-1)15(12-24-17)6-8-21-25-22-23-10-9-18(27(22)26-21)14-5-7-19-20(11-14)29-13-28-19/h1-5,7,9-12,24H,6,8,13H2. The number of rotatable bonds is 4. The lowest BCUT2D eigenvalue weighted by Gasteiger charge is -2.04. The molecule has 5 aromatic rings. The molecule has 0 aliphatic carbocycles. The van der Waals surface area contributed by atoms with Gasteiger partial charge in [0, 0.05) is 35.3 Å². The van der Waals surface area contributed by atoms with Crippen LogP contribution in [0.5, 0.6) is 11.5 Å². The zero-order valence-electron chi connectivity index (χ0n) is 15.5. The molecule has 2 aromatic carbocycles. The molecule has 7 heteroatoms. The van der Waals surface area contributed by atoms with Crippen molar-refractivity contribution in [2.24, 2.45) is 0 Å². The van der Waals surface area contributed by atoms with Gasteiger partial charge < -0.3 is 14.5 Å². The number of para-hydroxylation sites is 1. The summed E-state index contributed by atoms with van der Waals surface area (Å²) in [7, 11) is 0. The van der Waals surface area contributed by atoms with E-state index >= 15 is 0 Å². The quantitative estimate of drug-likeness (QED) is 0.511. The molecule has 0 atom stereocenters. The van der Waals surface area contributed by atoms with Gasteiger partial charge in [0.1, 0.15) is 0 Å². The summed E-state index contributed by atoms with van der Waals surface area (Å²) in [6, 6.07) is 16.1. The number of hydrogen-bond acceptors (Lipinski definition) is 5. The molecule has 0 spiro atoms. The highest BCUT2D eigenvalue weighted by Crippen LogP contribution is 2.35. The molecule has 0 saturated carbocycles. The van der Waals surface area contributed by atoms with Gasteiger partial charge in [-0.05, 0) is 42.3 Å². The van der Waals surface area contributed by atoms with Gasteiger partial charge in [0.2, 0.25) is 6.79 Å². The molecule has 29 heavy (non-hydrogen) atoms. The molecule has 7 nitrogen and oxygen atoms in total. The van der Waals surface area contributed by atoms with E-state index in [-0.39, 0.29) is 6.79 Å². The van der Waals surface area contributed by atoms with Crippen LogP contribution in [0.1, 0.15) is 11.4 Å². The molecule has 4 heterocycles. The zero-order valence-corrected chi connectivity index (χ0v) is 15.5. The van der Waals surface area contributed by atoms with Crippen LogP contribution < -0.4 is 9.47 Å². The molecule has 1 N–H and O–H groups in total. The van der Waals surface area contributed by atoms with E-state index in [1.54, 1.807) is 10.7 Å². The van der Waals surface area contributed by atoms with Crippen LogP contribution in [0, 0.1) is 0 Å². The lowest BCUT2D eigenvalue weighted by Crippen LogP contribution is -1.97. The lowest BCUT2D eigenvalue weighted by molar-refractivity contribution is 0.174. The second-order valence-corrected chi connectivity index (χ2v) is 7.00. The van der Waals surface area contributed by atoms with Crippen molar-refractivity contribution in [3.63, 3.8) is 0 Å². The molecule has 142 valence electrons. The monoisotopic (exact) mass is 383 g/mol. The molecule has 6 rings (SSSR count). The van der Waals surface area contributed by atoms with Gasteiger partial charge in [-0.15, -0.1) is 5.10 Å². The topological polar surface area (TPSA) is 77.3 Å². The number of aromatic nitrogens is 5. The van der Waals surface area contributed by atoms with Crippen molar-refractivity contribution in [3.8, 4) is 22.8 Å². The van der Waals surface area contributed by atoms with Gasteiger partial charge in [0.05, 0.1) is 5.69 Å². The van der Waals surface area contributed by atoms with E-state index < -0.39 is 0 Å². The van der Waals surface area contributed by atoms with Crippen LogP contribution in [-0.2, 0) is 12.8 Å². The number of H-pyrrole nitrogens is 1. The van der Waals surface area contributed by atoms with Gasteiger partial charge >= 0.3 is 0 Å². The average molecular weight is 383 g/mol. The number of nitrogens with zero attached hydrogens (tertiary/aromatic N) is 4. The number of aryl methyl sites for hydroxylation is 2. The lowest BCUT2D eigenvalue weighted by atomic mass is 10.1. The molecule has 3 aromatic heterocycles. The Balaban J connectivity index is 1.33. The maximum absolute atomic E-state index is 5.51. The molecular formula is C22H17N5O2. The first kappa shape index (κ1) is 16.1. The molecular weight excluding hydrogens is 366 g/mol. The minimum Gasteiger partial charge on any atom is -0.454 e. The Morgan fingerprint density at radius 1 is 1.00 bits per heavy atom. The number of aromatic amines is 1. The largest absolute Gasteiger partial charge is 0.454 e. The number of fused-ring (bicyclic) bond motifs is 3. The van der Waals surface area contributed by atoms with Gasteiger partial charge in [-0.3, -0.25) is 0 Å². The third-order valence-corrected chi connectivity index (χ3v) is 5.25. The van der Waals surface area contributed by atoms with Crippen molar-refractivity contribution >= 4 is 16.7 Å². The van der Waals surface area contributed by atoms with Crippen LogP contribution in [0.15, 0.2) is 60.9 Å². The fourth-order valence-corrected chi connectivity index (χ4v) is 3.80. The predicted molar refractivity (Wildman–Crippen MR) is 108 cm³/mol. The molecule has 0 amide bonds. The highest BCUT2D eigenvalue weighted by atomic mass is 16.7. The first-order chi connectivity index (χ1) is 14.3. The fraction of sp³-hybridized carbons (Fsp3) is 0.136. The van der Waals surface area contributed by atoms with Crippen LogP contribution in [0.25, 0.3) is 27.9 Å². The predicted octanol–water partition coefficient (Wildman–Crippen LogP) is 3.79. The maximum atomic E-state index is 5.51. The first-order valence-corrected chi connectivity index (χ1v) is 9.51. The summed E-state index contributed by atoms with van der Waals surface area (Å²) in [5, 5.41) is 5.97. The molecule has 0 saturated heterocycles. The van der Waals surface area contributed by atoms with Gasteiger partial charge in [-0.1, -0.05) is 18.2 Å². The van der Waals surface area contributed by atoms with E-state index in [2.05, 4.69) is 39.3 Å². The minimum atomic E-state index is 0.256. The summed E-state index contributed by atoms with van der Waals surface area (Å²) < 4.78 is 12.7. The number of ether oxygens (including phenoxy) is 2. The van der Waals surface area contributed by atoms with Crippen LogP contribution >= 0.6 is 0 Å². The molecule has 0 fully saturated rings. The van der Waals surface area contributed by atoms with Crippen LogP contribution in [0.4, 0.5) is 0 Å². The Kier molecular flexibility index (Phi) is 3.52. The highest BCUT2D eigenvalue weighted by molar-refractivity contribution is 5.83. The van der Waals surface area contributed by atoms with Gasteiger partial charge in [0.15, 0.2) is 17.3 Å². The summed E-state index contributed by atoms with van der Waals surface area (Å²) in [5.41, 5.74) is 4.31. The Morgan fingerprint density at radius 3 is 2.93 bits per heavy atom. The summed E-state index contributed by atoms with van der Waals surface area (Å²) in [4.78, 5) is 12.3. The van der Waals surface area contributed by atoms with E-state index in [1.165, 1.54) is 10.9 Å². The Hall–Kier alpha value is -3.87. The Labute approximate surface area is 165 Å². The Bertz CT molecular complexity index is 1350. The van der Waals surface area contributed by atoms with Crippen molar-refractivity contribution in [1.29, 1.82) is 0 Å². The molecule has 0 unspecified atom stereocenters. The fourth-order valence-electron chi connectivity index (χ4n) is 3.80. The molecule has 0 bridgehead atoms. The second kappa shape index (κ2) is 6.34. The van der Waals surface area contributed by atoms with Gasteiger partial charge in [0.25, 0.3) is 5.78 Å². The Morgan fingerprint density at radius 2 is 1.93 bits per heavy atom. The minimum absolute atomic E-state index is 0.256. The SMILES string of the molecule is c1ccc2c(CCc3nc4nccc(-c5ccc6c(c5)OCO6)n4n3)c[nH]c2c1. The summed E-state index contributed by atoms with van der Waals surface area (Å²) in [6.07, 6.45) is 5.43. The average Bonchev–Trinajstić information content (AvgIpc) is 3.48. The van der Waals surface area contributed by atoms with Crippen molar-refractivity contribution < 1.29 is 9.47 Å². The van der Waals surface area contributed by atoms with Crippen molar-refractivity contribution in [2.75, 3.05) is 6.79 Å². The van der Waals surface area contributed by atoms with E-state index in [0.717, 1.165) is 46.9 Å². The summed E-state index contributed by atoms with van der Waals surface area (Å²) >= 11 is 0.